The molecule has 0 fully saturated rings. The van der Waals surface area contributed by atoms with Crippen molar-refractivity contribution in [3.8, 4) is 0 Å². The lowest BCUT2D eigenvalue weighted by atomic mass is 9.93. The molecule has 2 N–H and O–H groups in total. The summed E-state index contributed by atoms with van der Waals surface area (Å²) in [7, 11) is 1.58. The topological polar surface area (TPSA) is 106 Å². The predicted octanol–water partition coefficient (Wildman–Crippen LogP) is 3.73. The molecule has 2 aromatic heterocycles. The van der Waals surface area contributed by atoms with Crippen LogP contribution in [-0.4, -0.2) is 37.8 Å². The highest BCUT2D eigenvalue weighted by atomic mass is 16.5. The van der Waals surface area contributed by atoms with E-state index in [0.717, 1.165) is 63.1 Å². The highest BCUT2D eigenvalue weighted by molar-refractivity contribution is 6.06. The fourth-order valence-electron chi connectivity index (χ4n) is 4.44. The Morgan fingerprint density at radius 3 is 2.79 bits per heavy atom. The Morgan fingerprint density at radius 1 is 1.18 bits per heavy atom. The molecule has 2 heterocycles. The van der Waals surface area contributed by atoms with E-state index in [9.17, 15) is 9.59 Å². The number of carbonyl (C=O) groups is 2. The largest absolute Gasteiger partial charge is 0.464 e. The number of nitrogens with one attached hydrogen (secondary N) is 2. The molecule has 174 valence electrons. The molecule has 33 heavy (non-hydrogen) atoms. The molecule has 0 atom stereocenters. The summed E-state index contributed by atoms with van der Waals surface area (Å²) in [4.78, 5) is 25.2. The Balaban J connectivity index is 1.50. The molecular formula is C25H29N3O5. The van der Waals surface area contributed by atoms with Crippen LogP contribution in [0.15, 0.2) is 32.3 Å². The van der Waals surface area contributed by atoms with Crippen molar-refractivity contribution in [2.45, 2.75) is 46.5 Å². The number of furan rings is 2. The van der Waals surface area contributed by atoms with Gasteiger partial charge in [0.1, 0.15) is 11.3 Å². The molecule has 3 aromatic rings. The van der Waals surface area contributed by atoms with Gasteiger partial charge in [-0.05, 0) is 50.8 Å². The summed E-state index contributed by atoms with van der Waals surface area (Å²) in [6, 6.07) is 4.05. The number of hydrogen-bond acceptors (Lipinski definition) is 6. The van der Waals surface area contributed by atoms with Gasteiger partial charge in [-0.25, -0.2) is 5.43 Å². The lowest BCUT2D eigenvalue weighted by Crippen LogP contribution is -2.27. The van der Waals surface area contributed by atoms with Gasteiger partial charge in [0.2, 0.25) is 5.91 Å². The van der Waals surface area contributed by atoms with Gasteiger partial charge in [-0.2, -0.15) is 5.10 Å². The summed E-state index contributed by atoms with van der Waals surface area (Å²) in [6.07, 6.45) is 4.07. The first-order valence-corrected chi connectivity index (χ1v) is 11.1. The molecule has 0 saturated heterocycles. The Bertz CT molecular complexity index is 1230. The Kier molecular flexibility index (Phi) is 6.65. The minimum atomic E-state index is -0.278. The molecule has 0 unspecified atom stereocenters. The second kappa shape index (κ2) is 9.62. The van der Waals surface area contributed by atoms with E-state index >= 15 is 0 Å². The number of hydrogen-bond donors (Lipinski definition) is 2. The molecule has 4 rings (SSSR count). The first-order valence-electron chi connectivity index (χ1n) is 11.1. The van der Waals surface area contributed by atoms with Gasteiger partial charge in [0.25, 0.3) is 5.91 Å². The van der Waals surface area contributed by atoms with E-state index in [4.69, 9.17) is 13.6 Å². The number of nitrogens with zero attached hydrogens (tertiary/aromatic N) is 1. The van der Waals surface area contributed by atoms with Crippen LogP contribution in [0.5, 0.6) is 0 Å². The average Bonchev–Trinajstić information content (AvgIpc) is 3.33. The zero-order valence-electron chi connectivity index (χ0n) is 19.5. The van der Waals surface area contributed by atoms with Crippen molar-refractivity contribution in [2.75, 3.05) is 20.3 Å². The van der Waals surface area contributed by atoms with Crippen LogP contribution in [0.2, 0.25) is 0 Å². The average molecular weight is 452 g/mol. The van der Waals surface area contributed by atoms with Gasteiger partial charge in [-0.1, -0.05) is 6.07 Å². The van der Waals surface area contributed by atoms with E-state index < -0.39 is 0 Å². The van der Waals surface area contributed by atoms with Crippen LogP contribution in [-0.2, 0) is 22.4 Å². The van der Waals surface area contributed by atoms with Crippen LogP contribution in [0.1, 0.15) is 57.0 Å². The summed E-state index contributed by atoms with van der Waals surface area (Å²) in [5, 5.41) is 8.16. The van der Waals surface area contributed by atoms with Crippen LogP contribution < -0.4 is 10.7 Å². The number of methoxy groups -OCH3 is 1. The second-order valence-electron chi connectivity index (χ2n) is 8.44. The van der Waals surface area contributed by atoms with E-state index in [0.29, 0.717) is 19.6 Å². The summed E-state index contributed by atoms with van der Waals surface area (Å²) < 4.78 is 16.5. The number of rotatable bonds is 7. The van der Waals surface area contributed by atoms with Gasteiger partial charge in [-0.3, -0.25) is 9.59 Å². The van der Waals surface area contributed by atoms with Crippen molar-refractivity contribution < 1.29 is 23.2 Å². The number of carbonyl (C=O) groups excluding carboxylic acids is 2. The fourth-order valence-corrected chi connectivity index (χ4v) is 4.44. The monoisotopic (exact) mass is 451 g/mol. The first-order chi connectivity index (χ1) is 15.9. The SMILES string of the molecule is COCCNC(=O)c1oc2c(c1C)/C(=N/NC(=O)Cc1coc3cc(C)cc(C)c13)CCC2. The van der Waals surface area contributed by atoms with E-state index in [-0.39, 0.29) is 24.0 Å². The quantitative estimate of drug-likeness (QED) is 0.421. The highest BCUT2D eigenvalue weighted by Gasteiger charge is 2.28. The maximum absolute atomic E-state index is 12.7. The van der Waals surface area contributed by atoms with Crippen LogP contribution >= 0.6 is 0 Å². The number of amides is 2. The maximum atomic E-state index is 12.7. The third-order valence-corrected chi connectivity index (χ3v) is 5.88. The molecule has 0 bridgehead atoms. The normalized spacial score (nSPS) is 14.5. The summed E-state index contributed by atoms with van der Waals surface area (Å²) >= 11 is 0. The van der Waals surface area contributed by atoms with E-state index in [1.165, 1.54) is 0 Å². The minimum absolute atomic E-state index is 0.165. The highest BCUT2D eigenvalue weighted by Crippen LogP contribution is 2.30. The first kappa shape index (κ1) is 22.8. The summed E-state index contributed by atoms with van der Waals surface area (Å²) in [5.41, 5.74) is 8.77. The van der Waals surface area contributed by atoms with E-state index in [1.807, 2.05) is 26.8 Å². The predicted molar refractivity (Wildman–Crippen MR) is 125 cm³/mol. The lowest BCUT2D eigenvalue weighted by molar-refractivity contribution is -0.120. The second-order valence-corrected chi connectivity index (χ2v) is 8.44. The Labute approximate surface area is 192 Å². The third-order valence-electron chi connectivity index (χ3n) is 5.88. The molecule has 2 amide bonds. The van der Waals surface area contributed by atoms with E-state index in [1.54, 1.807) is 13.4 Å². The van der Waals surface area contributed by atoms with Gasteiger partial charge in [0.15, 0.2) is 5.76 Å². The molecule has 1 aliphatic rings. The fraction of sp³-hybridized carbons (Fsp3) is 0.400. The van der Waals surface area contributed by atoms with Crippen molar-refractivity contribution in [2.24, 2.45) is 5.10 Å². The zero-order chi connectivity index (χ0) is 23.5. The van der Waals surface area contributed by atoms with Crippen molar-refractivity contribution >= 4 is 28.5 Å². The molecule has 0 spiro atoms. The van der Waals surface area contributed by atoms with Crippen LogP contribution in [0.3, 0.4) is 0 Å². The molecule has 0 aliphatic heterocycles. The number of aryl methyl sites for hydroxylation is 3. The Hall–Kier alpha value is -3.39. The molecule has 0 radical (unpaired) electrons. The van der Waals surface area contributed by atoms with E-state index in [2.05, 4.69) is 21.9 Å². The summed E-state index contributed by atoms with van der Waals surface area (Å²) in [5.74, 6) is 0.513. The van der Waals surface area contributed by atoms with Crippen molar-refractivity contribution in [1.82, 2.24) is 10.7 Å². The van der Waals surface area contributed by atoms with Gasteiger partial charge in [-0.15, -0.1) is 0 Å². The van der Waals surface area contributed by atoms with Crippen molar-refractivity contribution in [1.29, 1.82) is 0 Å². The van der Waals surface area contributed by atoms with Crippen LogP contribution in [0.4, 0.5) is 0 Å². The number of ether oxygens (including phenoxy) is 1. The molecule has 8 nitrogen and oxygen atoms in total. The number of fused-ring (bicyclic) bond motifs is 2. The summed E-state index contributed by atoms with van der Waals surface area (Å²) in [6.45, 7) is 6.70. The molecule has 1 aromatic carbocycles. The van der Waals surface area contributed by atoms with Gasteiger partial charge in [0.05, 0.1) is 25.0 Å². The van der Waals surface area contributed by atoms with Gasteiger partial charge >= 0.3 is 0 Å². The van der Waals surface area contributed by atoms with Crippen molar-refractivity contribution in [3.63, 3.8) is 0 Å². The van der Waals surface area contributed by atoms with Gasteiger partial charge < -0.3 is 18.9 Å². The molecule has 1 aliphatic carbocycles. The minimum Gasteiger partial charge on any atom is -0.464 e. The number of hydrazone groups is 1. The molecule has 8 heteroatoms. The van der Waals surface area contributed by atoms with Crippen molar-refractivity contribution in [3.05, 3.63) is 57.7 Å². The Morgan fingerprint density at radius 2 is 2.00 bits per heavy atom. The molecule has 0 saturated carbocycles. The smallest absolute Gasteiger partial charge is 0.287 e. The van der Waals surface area contributed by atoms with Crippen LogP contribution in [0.25, 0.3) is 11.0 Å². The molecular weight excluding hydrogens is 422 g/mol. The van der Waals surface area contributed by atoms with Crippen LogP contribution in [0, 0.1) is 20.8 Å². The third kappa shape index (κ3) is 4.71. The zero-order valence-corrected chi connectivity index (χ0v) is 19.5. The maximum Gasteiger partial charge on any atom is 0.287 e. The standard InChI is InChI=1S/C25H29N3O5/c1-14-10-15(2)22-17(13-32-20(22)11-14)12-21(29)28-27-18-6-5-7-19-23(18)16(3)24(33-19)25(30)26-8-9-31-4/h10-11,13H,5-9,12H2,1-4H3,(H,26,30)(H,28,29)/b27-18+. The van der Waals surface area contributed by atoms with Gasteiger partial charge in [0, 0.05) is 42.2 Å². The number of benzene rings is 1. The lowest BCUT2D eigenvalue weighted by Gasteiger charge is -2.13.